The second-order valence-corrected chi connectivity index (χ2v) is 9.00. The molecule has 4 rings (SSSR count). The number of aryl methyl sites for hydroxylation is 2. The van der Waals surface area contributed by atoms with E-state index in [9.17, 15) is 22.4 Å². The highest BCUT2D eigenvalue weighted by molar-refractivity contribution is 7.09. The Bertz CT molecular complexity index is 1290. The topological polar surface area (TPSA) is 56.1 Å². The molecule has 1 aliphatic heterocycles. The summed E-state index contributed by atoms with van der Waals surface area (Å²) in [5.41, 5.74) is 2.43. The lowest BCUT2D eigenvalue weighted by Gasteiger charge is -2.31. The van der Waals surface area contributed by atoms with Crippen LogP contribution >= 0.6 is 11.3 Å². The fourth-order valence-corrected chi connectivity index (χ4v) is 4.14. The van der Waals surface area contributed by atoms with Crippen molar-refractivity contribution in [1.82, 2.24) is 9.47 Å². The largest absolute Gasteiger partial charge is 0.507 e. The number of halogens is 4. The number of carbonyl (C=O) groups is 1. The highest BCUT2D eigenvalue weighted by Gasteiger charge is 2.65. The van der Waals surface area contributed by atoms with E-state index in [1.165, 1.54) is 32.4 Å². The van der Waals surface area contributed by atoms with Crippen LogP contribution in [0.3, 0.4) is 0 Å². The van der Waals surface area contributed by atoms with Gasteiger partial charge in [-0.2, -0.15) is 22.6 Å². The minimum atomic E-state index is -4.82. The van der Waals surface area contributed by atoms with Crippen LogP contribution in [-0.4, -0.2) is 34.8 Å². The third-order valence-corrected chi connectivity index (χ3v) is 6.06. The summed E-state index contributed by atoms with van der Waals surface area (Å²) in [6, 6.07) is 11.0. The first-order valence-electron chi connectivity index (χ1n) is 10.3. The number of urea groups is 1. The van der Waals surface area contributed by atoms with Gasteiger partial charge in [-0.05, 0) is 36.6 Å². The number of hydrogen-bond donors (Lipinski definition) is 0. The summed E-state index contributed by atoms with van der Waals surface area (Å²) in [5, 5.41) is 0. The first kappa shape index (κ1) is 23.8. The number of ether oxygens (including phenoxy) is 2. The smallest absolute Gasteiger partial charge is 0.421 e. The van der Waals surface area contributed by atoms with Crippen LogP contribution in [0, 0.1) is 6.92 Å². The van der Waals surface area contributed by atoms with Crippen molar-refractivity contribution in [2.75, 3.05) is 7.05 Å². The number of rotatable bonds is 4. The molecule has 2 aromatic carbocycles. The predicted octanol–water partition coefficient (Wildman–Crippen LogP) is 5.52. The maximum absolute atomic E-state index is 13.6. The van der Waals surface area contributed by atoms with Crippen molar-refractivity contribution >= 4 is 17.4 Å². The number of hydrogen-bond acceptors (Lipinski definition) is 4. The zero-order valence-electron chi connectivity index (χ0n) is 18.5. The van der Waals surface area contributed by atoms with Crippen molar-refractivity contribution in [3.63, 3.8) is 0 Å². The molecule has 0 saturated carbocycles. The van der Waals surface area contributed by atoms with E-state index in [2.05, 4.69) is 21.4 Å². The van der Waals surface area contributed by atoms with E-state index in [1.807, 2.05) is 24.3 Å². The molecule has 2 heterocycles. The van der Waals surface area contributed by atoms with E-state index >= 15 is 0 Å². The van der Waals surface area contributed by atoms with Crippen LogP contribution in [0.25, 0.3) is 5.69 Å². The fraction of sp³-hybridized carbons (Fsp3) is 0.304. The molecule has 1 aliphatic rings. The first-order chi connectivity index (χ1) is 16.0. The standard InChI is InChI=1S/C23H21F4N3O3S/c1-4-15-5-7-16(8-6-15)13-29(3)20(31)28-21-30(12-14(2)34-21)17-9-10-18-19(11-17)33-23(26,27)22(24,25)32-18/h5-12H,4,13H2,1-3H3. The Kier molecular flexibility index (Phi) is 6.15. The van der Waals surface area contributed by atoms with Crippen LogP contribution in [0.15, 0.2) is 53.7 Å². The fourth-order valence-electron chi connectivity index (χ4n) is 3.31. The molecule has 6 nitrogen and oxygen atoms in total. The summed E-state index contributed by atoms with van der Waals surface area (Å²) < 4.78 is 63.8. The average molecular weight is 495 g/mol. The van der Waals surface area contributed by atoms with Gasteiger partial charge in [0.25, 0.3) is 0 Å². The maximum Gasteiger partial charge on any atom is 0.507 e. The molecule has 1 aromatic heterocycles. The van der Waals surface area contributed by atoms with E-state index in [-0.39, 0.29) is 10.5 Å². The molecule has 180 valence electrons. The number of thiazole rings is 1. The monoisotopic (exact) mass is 495 g/mol. The van der Waals surface area contributed by atoms with Gasteiger partial charge < -0.3 is 14.4 Å². The number of fused-ring (bicyclic) bond motifs is 1. The van der Waals surface area contributed by atoms with Gasteiger partial charge in [-0.1, -0.05) is 31.2 Å². The van der Waals surface area contributed by atoms with Gasteiger partial charge in [0.1, 0.15) is 0 Å². The van der Waals surface area contributed by atoms with Crippen LogP contribution in [0.1, 0.15) is 22.9 Å². The summed E-state index contributed by atoms with van der Waals surface area (Å²) in [5.74, 6) is -1.06. The van der Waals surface area contributed by atoms with Gasteiger partial charge in [-0.15, -0.1) is 11.3 Å². The SMILES string of the molecule is CCc1ccc(CN(C)C(=O)N=c2sc(C)cn2-c2ccc3c(c2)OC(F)(F)C(F)(F)O3)cc1. The van der Waals surface area contributed by atoms with Gasteiger partial charge >= 0.3 is 18.2 Å². The second-order valence-electron chi connectivity index (χ2n) is 7.78. The van der Waals surface area contributed by atoms with Crippen molar-refractivity contribution in [3.05, 3.63) is 69.5 Å². The van der Waals surface area contributed by atoms with E-state index in [0.29, 0.717) is 6.54 Å². The van der Waals surface area contributed by atoms with Crippen LogP contribution in [0.5, 0.6) is 11.5 Å². The summed E-state index contributed by atoms with van der Waals surface area (Å²) in [4.78, 5) is 19.4. The maximum atomic E-state index is 13.6. The van der Waals surface area contributed by atoms with Gasteiger partial charge in [-0.25, -0.2) is 4.79 Å². The summed E-state index contributed by atoms with van der Waals surface area (Å²) in [6.45, 7) is 4.20. The van der Waals surface area contributed by atoms with Crippen LogP contribution in [-0.2, 0) is 13.0 Å². The Labute approximate surface area is 196 Å². The Morgan fingerprint density at radius 2 is 1.65 bits per heavy atom. The zero-order chi connectivity index (χ0) is 24.7. The summed E-state index contributed by atoms with van der Waals surface area (Å²) in [7, 11) is 1.62. The third kappa shape index (κ3) is 4.65. The van der Waals surface area contributed by atoms with Crippen molar-refractivity contribution in [1.29, 1.82) is 0 Å². The Balaban J connectivity index is 1.61. The quantitative estimate of drug-likeness (QED) is 0.448. The van der Waals surface area contributed by atoms with E-state index < -0.39 is 29.7 Å². The number of alkyl halides is 4. The number of amides is 2. The summed E-state index contributed by atoms with van der Waals surface area (Å²) >= 11 is 1.21. The lowest BCUT2D eigenvalue weighted by Crippen LogP contribution is -2.52. The molecule has 0 radical (unpaired) electrons. The molecule has 0 aliphatic carbocycles. The highest BCUT2D eigenvalue weighted by atomic mass is 32.1. The molecule has 0 unspecified atom stereocenters. The number of benzene rings is 2. The molecular formula is C23H21F4N3O3S. The minimum Gasteiger partial charge on any atom is -0.421 e. The molecular weight excluding hydrogens is 474 g/mol. The van der Waals surface area contributed by atoms with Gasteiger partial charge in [0.15, 0.2) is 16.3 Å². The number of nitrogens with zero attached hydrogens (tertiary/aromatic N) is 3. The molecule has 3 aromatic rings. The van der Waals surface area contributed by atoms with Crippen LogP contribution in [0.2, 0.25) is 0 Å². The van der Waals surface area contributed by atoms with Gasteiger partial charge in [0.2, 0.25) is 0 Å². The number of carbonyl (C=O) groups excluding carboxylic acids is 1. The van der Waals surface area contributed by atoms with E-state index in [0.717, 1.165) is 29.0 Å². The van der Waals surface area contributed by atoms with Crippen molar-refractivity contribution in [3.8, 4) is 17.2 Å². The molecule has 0 fully saturated rings. The van der Waals surface area contributed by atoms with Crippen molar-refractivity contribution < 1.29 is 31.8 Å². The molecule has 0 saturated heterocycles. The van der Waals surface area contributed by atoms with Gasteiger partial charge in [0, 0.05) is 30.7 Å². The average Bonchev–Trinajstić information content (AvgIpc) is 3.14. The lowest BCUT2D eigenvalue weighted by molar-refractivity contribution is -0.391. The third-order valence-electron chi connectivity index (χ3n) is 5.16. The van der Waals surface area contributed by atoms with Crippen LogP contribution < -0.4 is 14.3 Å². The molecule has 11 heteroatoms. The summed E-state index contributed by atoms with van der Waals surface area (Å²) in [6.07, 6.45) is -7.04. The Morgan fingerprint density at radius 3 is 2.29 bits per heavy atom. The molecule has 34 heavy (non-hydrogen) atoms. The predicted molar refractivity (Wildman–Crippen MR) is 118 cm³/mol. The Hall–Kier alpha value is -3.34. The molecule has 0 bridgehead atoms. The molecule has 2 amide bonds. The molecule has 0 spiro atoms. The normalized spacial score (nSPS) is 16.4. The van der Waals surface area contributed by atoms with Crippen LogP contribution in [0.4, 0.5) is 22.4 Å². The van der Waals surface area contributed by atoms with E-state index in [4.69, 9.17) is 0 Å². The molecule has 0 atom stereocenters. The van der Waals surface area contributed by atoms with Gasteiger partial charge in [-0.3, -0.25) is 4.57 Å². The first-order valence-corrected chi connectivity index (χ1v) is 11.2. The van der Waals surface area contributed by atoms with Gasteiger partial charge in [0.05, 0.1) is 5.69 Å². The highest BCUT2D eigenvalue weighted by Crippen LogP contribution is 2.47. The zero-order valence-corrected chi connectivity index (χ0v) is 19.3. The second kappa shape index (κ2) is 8.79. The molecule has 0 N–H and O–H groups in total. The number of aromatic nitrogens is 1. The Morgan fingerprint density at radius 1 is 1.03 bits per heavy atom. The van der Waals surface area contributed by atoms with Crippen molar-refractivity contribution in [2.45, 2.75) is 39.0 Å². The minimum absolute atomic E-state index is 0.282. The van der Waals surface area contributed by atoms with Crippen molar-refractivity contribution in [2.24, 2.45) is 4.99 Å². The van der Waals surface area contributed by atoms with E-state index in [1.54, 1.807) is 20.2 Å². The lowest BCUT2D eigenvalue weighted by atomic mass is 10.1.